The molecule has 17 heavy (non-hydrogen) atoms. The van der Waals surface area contributed by atoms with Crippen LogP contribution in [0.4, 0.5) is 0 Å². The van der Waals surface area contributed by atoms with Crippen molar-refractivity contribution in [1.29, 1.82) is 0 Å². The second-order valence-electron chi connectivity index (χ2n) is 4.76. The number of fused-ring (bicyclic) bond motifs is 1. The van der Waals surface area contributed by atoms with Crippen molar-refractivity contribution in [3.63, 3.8) is 0 Å². The fourth-order valence-corrected chi connectivity index (χ4v) is 2.88. The molecule has 1 aromatic heterocycles. The Morgan fingerprint density at radius 3 is 2.94 bits per heavy atom. The third-order valence-corrected chi connectivity index (χ3v) is 3.71. The maximum absolute atomic E-state index is 5.32. The molecule has 1 aromatic carbocycles. The van der Waals surface area contributed by atoms with Crippen LogP contribution in [0.5, 0.6) is 5.75 Å². The lowest BCUT2D eigenvalue weighted by molar-refractivity contribution is 0.415. The van der Waals surface area contributed by atoms with Gasteiger partial charge in [-0.15, -0.1) is 0 Å². The van der Waals surface area contributed by atoms with E-state index in [-0.39, 0.29) is 0 Å². The van der Waals surface area contributed by atoms with Crippen LogP contribution >= 0.6 is 0 Å². The molecule has 2 N–H and O–H groups in total. The molecule has 1 unspecified atom stereocenters. The summed E-state index contributed by atoms with van der Waals surface area (Å²) in [5.41, 5.74) is 3.97. The Hall–Kier alpha value is -1.48. The van der Waals surface area contributed by atoms with E-state index in [2.05, 4.69) is 29.4 Å². The fraction of sp³-hybridized carbons (Fsp3) is 0.429. The molecule has 0 spiro atoms. The summed E-state index contributed by atoms with van der Waals surface area (Å²) in [6, 6.07) is 6.26. The summed E-state index contributed by atoms with van der Waals surface area (Å²) in [5, 5.41) is 4.75. The molecule has 1 aliphatic rings. The Kier molecular flexibility index (Phi) is 2.56. The summed E-state index contributed by atoms with van der Waals surface area (Å²) in [5.74, 6) is 1.57. The normalized spacial score (nSPS) is 20.0. The number of H-pyrrole nitrogens is 1. The number of hydrogen-bond donors (Lipinski definition) is 2. The second kappa shape index (κ2) is 4.08. The molecular formula is C14H18N2O. The largest absolute Gasteiger partial charge is 0.497 e. The van der Waals surface area contributed by atoms with E-state index in [1.807, 2.05) is 6.07 Å². The first-order chi connectivity index (χ1) is 8.29. The highest BCUT2D eigenvalue weighted by Crippen LogP contribution is 2.34. The molecule has 0 radical (unpaired) electrons. The third-order valence-electron chi connectivity index (χ3n) is 3.71. The molecule has 1 saturated heterocycles. The van der Waals surface area contributed by atoms with E-state index in [1.165, 1.54) is 28.6 Å². The van der Waals surface area contributed by atoms with Crippen molar-refractivity contribution in [2.45, 2.75) is 19.3 Å². The summed E-state index contributed by atoms with van der Waals surface area (Å²) in [7, 11) is 1.72. The number of aromatic amines is 1. The highest BCUT2D eigenvalue weighted by Gasteiger charge is 2.22. The van der Waals surface area contributed by atoms with Gasteiger partial charge in [-0.25, -0.2) is 0 Å². The molecule has 2 heterocycles. The maximum atomic E-state index is 5.32. The molecule has 3 rings (SSSR count). The van der Waals surface area contributed by atoms with Gasteiger partial charge in [0.05, 0.1) is 7.11 Å². The van der Waals surface area contributed by atoms with Crippen LogP contribution in [0.2, 0.25) is 0 Å². The lowest BCUT2D eigenvalue weighted by Gasteiger charge is -2.09. The zero-order valence-electron chi connectivity index (χ0n) is 10.3. The van der Waals surface area contributed by atoms with Crippen molar-refractivity contribution in [3.05, 3.63) is 29.5 Å². The summed E-state index contributed by atoms with van der Waals surface area (Å²) < 4.78 is 5.32. The standard InChI is InChI=1S/C14H18N2O/c1-9-14(10-5-6-15-8-10)12-7-11(17-2)3-4-13(12)16-9/h3-4,7,10,15-16H,5-6,8H2,1-2H3. The molecule has 1 fully saturated rings. The SMILES string of the molecule is COc1ccc2[nH]c(C)c(C3CCNC3)c2c1. The number of aryl methyl sites for hydroxylation is 1. The van der Waals surface area contributed by atoms with Gasteiger partial charge in [-0.3, -0.25) is 0 Å². The minimum atomic E-state index is 0.635. The molecule has 0 saturated carbocycles. The maximum Gasteiger partial charge on any atom is 0.119 e. The van der Waals surface area contributed by atoms with Crippen LogP contribution < -0.4 is 10.1 Å². The lowest BCUT2D eigenvalue weighted by atomic mass is 9.95. The first-order valence-corrected chi connectivity index (χ1v) is 6.16. The van der Waals surface area contributed by atoms with Gasteiger partial charge < -0.3 is 15.0 Å². The van der Waals surface area contributed by atoms with Gasteiger partial charge in [0.2, 0.25) is 0 Å². The second-order valence-corrected chi connectivity index (χ2v) is 4.76. The summed E-state index contributed by atoms with van der Waals surface area (Å²) in [6.45, 7) is 4.38. The van der Waals surface area contributed by atoms with Crippen molar-refractivity contribution < 1.29 is 4.74 Å². The molecule has 0 bridgehead atoms. The monoisotopic (exact) mass is 230 g/mol. The van der Waals surface area contributed by atoms with Crippen LogP contribution in [0.25, 0.3) is 10.9 Å². The van der Waals surface area contributed by atoms with Gasteiger partial charge in [-0.2, -0.15) is 0 Å². The van der Waals surface area contributed by atoms with Crippen LogP contribution in [0, 0.1) is 6.92 Å². The van der Waals surface area contributed by atoms with Crippen molar-refractivity contribution >= 4 is 10.9 Å². The summed E-state index contributed by atoms with van der Waals surface area (Å²) in [4.78, 5) is 3.47. The van der Waals surface area contributed by atoms with Crippen molar-refractivity contribution in [2.24, 2.45) is 0 Å². The number of rotatable bonds is 2. The van der Waals surface area contributed by atoms with Crippen LogP contribution in [0.15, 0.2) is 18.2 Å². The van der Waals surface area contributed by atoms with Crippen molar-refractivity contribution in [1.82, 2.24) is 10.3 Å². The Labute approximate surface area is 101 Å². The Morgan fingerprint density at radius 1 is 1.35 bits per heavy atom. The molecule has 3 heteroatoms. The molecule has 0 aliphatic carbocycles. The predicted molar refractivity (Wildman–Crippen MR) is 69.8 cm³/mol. The molecule has 1 aliphatic heterocycles. The predicted octanol–water partition coefficient (Wildman–Crippen LogP) is 2.56. The molecule has 1 atom stereocenters. The Bertz CT molecular complexity index is 538. The highest BCUT2D eigenvalue weighted by molar-refractivity contribution is 5.86. The molecule has 0 amide bonds. The number of aromatic nitrogens is 1. The molecule has 3 nitrogen and oxygen atoms in total. The third kappa shape index (κ3) is 1.71. The van der Waals surface area contributed by atoms with Gasteiger partial charge in [0.15, 0.2) is 0 Å². The van der Waals surface area contributed by atoms with Gasteiger partial charge in [0.1, 0.15) is 5.75 Å². The van der Waals surface area contributed by atoms with E-state index < -0.39 is 0 Å². The number of hydrogen-bond acceptors (Lipinski definition) is 2. The number of nitrogens with one attached hydrogen (secondary N) is 2. The smallest absolute Gasteiger partial charge is 0.119 e. The van der Waals surface area contributed by atoms with Crippen LogP contribution in [0.1, 0.15) is 23.6 Å². The number of benzene rings is 1. The van der Waals surface area contributed by atoms with Gasteiger partial charge in [0.25, 0.3) is 0 Å². The zero-order chi connectivity index (χ0) is 11.8. The van der Waals surface area contributed by atoms with Gasteiger partial charge >= 0.3 is 0 Å². The first kappa shape index (κ1) is 10.7. The molecular weight excluding hydrogens is 212 g/mol. The average molecular weight is 230 g/mol. The topological polar surface area (TPSA) is 37.0 Å². The Balaban J connectivity index is 2.17. The van der Waals surface area contributed by atoms with Gasteiger partial charge in [-0.05, 0) is 49.6 Å². The van der Waals surface area contributed by atoms with Crippen LogP contribution in [-0.4, -0.2) is 25.2 Å². The fourth-order valence-electron chi connectivity index (χ4n) is 2.88. The Morgan fingerprint density at radius 2 is 2.24 bits per heavy atom. The van der Waals surface area contributed by atoms with Gasteiger partial charge in [-0.1, -0.05) is 0 Å². The van der Waals surface area contributed by atoms with E-state index >= 15 is 0 Å². The van der Waals surface area contributed by atoms with Crippen LogP contribution in [-0.2, 0) is 0 Å². The quantitative estimate of drug-likeness (QED) is 0.832. The van der Waals surface area contributed by atoms with E-state index in [4.69, 9.17) is 4.74 Å². The average Bonchev–Trinajstić information content (AvgIpc) is 2.93. The summed E-state index contributed by atoms with van der Waals surface area (Å²) in [6.07, 6.45) is 1.23. The lowest BCUT2D eigenvalue weighted by Crippen LogP contribution is -2.08. The van der Waals surface area contributed by atoms with E-state index in [9.17, 15) is 0 Å². The minimum absolute atomic E-state index is 0.635. The van der Waals surface area contributed by atoms with E-state index in [1.54, 1.807) is 7.11 Å². The van der Waals surface area contributed by atoms with E-state index in [0.717, 1.165) is 18.8 Å². The van der Waals surface area contributed by atoms with Crippen molar-refractivity contribution in [3.8, 4) is 5.75 Å². The number of methoxy groups -OCH3 is 1. The zero-order valence-corrected chi connectivity index (χ0v) is 10.3. The van der Waals surface area contributed by atoms with Crippen LogP contribution in [0.3, 0.4) is 0 Å². The number of ether oxygens (including phenoxy) is 1. The summed E-state index contributed by atoms with van der Waals surface area (Å²) >= 11 is 0. The molecule has 90 valence electrons. The minimum Gasteiger partial charge on any atom is -0.497 e. The molecule has 2 aromatic rings. The van der Waals surface area contributed by atoms with Gasteiger partial charge in [0, 0.05) is 23.1 Å². The first-order valence-electron chi connectivity index (χ1n) is 6.16. The van der Waals surface area contributed by atoms with E-state index in [0.29, 0.717) is 5.92 Å². The highest BCUT2D eigenvalue weighted by atomic mass is 16.5. The van der Waals surface area contributed by atoms with Crippen molar-refractivity contribution in [2.75, 3.05) is 20.2 Å².